The zero-order valence-corrected chi connectivity index (χ0v) is 14.1. The third-order valence-corrected chi connectivity index (χ3v) is 3.14. The molecule has 0 heterocycles. The molecule has 6 heteroatoms. The molecule has 5 nitrogen and oxygen atoms in total. The normalized spacial score (nSPS) is 11.2. The Balaban J connectivity index is 2.72. The molecular weight excluding hydrogens is 336 g/mol. The van der Waals surface area contributed by atoms with Crippen LogP contribution < -0.4 is 5.73 Å². The van der Waals surface area contributed by atoms with Crippen LogP contribution >= 0.6 is 15.9 Å². The molecule has 21 heavy (non-hydrogen) atoms. The van der Waals surface area contributed by atoms with E-state index in [0.29, 0.717) is 6.54 Å². The third kappa shape index (κ3) is 7.24. The summed E-state index contributed by atoms with van der Waals surface area (Å²) in [5, 5.41) is 0. The molecule has 2 amide bonds. The summed E-state index contributed by atoms with van der Waals surface area (Å²) < 4.78 is 6.41. The van der Waals surface area contributed by atoms with Crippen LogP contribution in [-0.2, 0) is 20.9 Å². The molecule has 1 rings (SSSR count). The number of nitrogens with two attached hydrogens (primary N) is 1. The summed E-state index contributed by atoms with van der Waals surface area (Å²) in [5.74, 6) is -0.803. The van der Waals surface area contributed by atoms with Crippen LogP contribution in [0.3, 0.4) is 0 Å². The van der Waals surface area contributed by atoms with Gasteiger partial charge in [0.05, 0.1) is 12.1 Å². The molecular formula is C15H21BrN2O3. The lowest BCUT2D eigenvalue weighted by molar-refractivity contribution is -0.144. The van der Waals surface area contributed by atoms with Crippen LogP contribution in [0.1, 0.15) is 26.3 Å². The van der Waals surface area contributed by atoms with E-state index in [1.807, 2.05) is 45.0 Å². The van der Waals surface area contributed by atoms with E-state index in [2.05, 4.69) is 15.9 Å². The van der Waals surface area contributed by atoms with Crippen molar-refractivity contribution in [1.29, 1.82) is 0 Å². The summed E-state index contributed by atoms with van der Waals surface area (Å²) in [4.78, 5) is 24.7. The molecule has 0 spiro atoms. The Morgan fingerprint density at radius 3 is 2.29 bits per heavy atom. The predicted octanol–water partition coefficient (Wildman–Crippen LogP) is 2.08. The van der Waals surface area contributed by atoms with Crippen molar-refractivity contribution in [3.8, 4) is 0 Å². The minimum absolute atomic E-state index is 0.0761. The van der Waals surface area contributed by atoms with Crippen LogP contribution in [-0.4, -0.2) is 35.5 Å². The van der Waals surface area contributed by atoms with Crippen LogP contribution in [0.4, 0.5) is 0 Å². The molecule has 0 radical (unpaired) electrons. The van der Waals surface area contributed by atoms with Crippen molar-refractivity contribution in [3.05, 3.63) is 34.3 Å². The molecule has 0 aliphatic heterocycles. The number of amides is 2. The first kappa shape index (κ1) is 17.7. The Morgan fingerprint density at radius 1 is 1.24 bits per heavy atom. The molecule has 1 aromatic carbocycles. The van der Waals surface area contributed by atoms with Gasteiger partial charge in [-0.15, -0.1) is 0 Å². The van der Waals surface area contributed by atoms with Gasteiger partial charge in [-0.3, -0.25) is 9.59 Å². The molecule has 0 saturated heterocycles. The summed E-state index contributed by atoms with van der Waals surface area (Å²) in [6.07, 6.45) is 0. The largest absolute Gasteiger partial charge is 0.368 e. The molecule has 116 valence electrons. The van der Waals surface area contributed by atoms with Crippen LogP contribution in [0.25, 0.3) is 0 Å². The molecule has 0 fully saturated rings. The van der Waals surface area contributed by atoms with Crippen molar-refractivity contribution in [1.82, 2.24) is 4.90 Å². The maximum atomic E-state index is 12.2. The van der Waals surface area contributed by atoms with E-state index in [1.54, 1.807) is 0 Å². The molecule has 0 unspecified atom stereocenters. The van der Waals surface area contributed by atoms with E-state index in [0.717, 1.165) is 10.0 Å². The van der Waals surface area contributed by atoms with Gasteiger partial charge >= 0.3 is 0 Å². The summed E-state index contributed by atoms with van der Waals surface area (Å²) in [7, 11) is 0. The second-order valence-corrected chi connectivity index (χ2v) is 6.66. The van der Waals surface area contributed by atoms with Crippen molar-refractivity contribution in [2.45, 2.75) is 32.9 Å². The average molecular weight is 357 g/mol. The molecule has 0 atom stereocenters. The van der Waals surface area contributed by atoms with Gasteiger partial charge in [0.25, 0.3) is 0 Å². The first-order valence-corrected chi connectivity index (χ1v) is 7.41. The van der Waals surface area contributed by atoms with Crippen molar-refractivity contribution in [3.63, 3.8) is 0 Å². The quantitative estimate of drug-likeness (QED) is 0.847. The minimum atomic E-state index is -0.545. The summed E-state index contributed by atoms with van der Waals surface area (Å²) in [5.41, 5.74) is 5.72. The van der Waals surface area contributed by atoms with Gasteiger partial charge in [0.15, 0.2) is 0 Å². The van der Waals surface area contributed by atoms with E-state index in [1.165, 1.54) is 4.90 Å². The maximum absolute atomic E-state index is 12.2. The lowest BCUT2D eigenvalue weighted by Crippen LogP contribution is -2.41. The van der Waals surface area contributed by atoms with E-state index in [4.69, 9.17) is 10.5 Å². The molecule has 0 aliphatic carbocycles. The topological polar surface area (TPSA) is 72.6 Å². The number of hydrogen-bond donors (Lipinski definition) is 1. The number of nitrogens with zero attached hydrogens (tertiary/aromatic N) is 1. The highest BCUT2D eigenvalue weighted by atomic mass is 79.9. The van der Waals surface area contributed by atoms with Gasteiger partial charge in [-0.05, 0) is 38.5 Å². The molecule has 0 bridgehead atoms. The molecule has 0 aliphatic rings. The Bertz CT molecular complexity index is 495. The Kier molecular flexibility index (Phi) is 6.36. The van der Waals surface area contributed by atoms with E-state index < -0.39 is 11.5 Å². The van der Waals surface area contributed by atoms with Crippen LogP contribution in [0, 0.1) is 0 Å². The van der Waals surface area contributed by atoms with Crippen LogP contribution in [0.15, 0.2) is 28.7 Å². The van der Waals surface area contributed by atoms with Gasteiger partial charge in [0.1, 0.15) is 6.61 Å². The Hall–Kier alpha value is -1.40. The molecule has 0 aromatic heterocycles. The lowest BCUT2D eigenvalue weighted by atomic mass is 10.2. The van der Waals surface area contributed by atoms with E-state index in [-0.39, 0.29) is 19.1 Å². The standard InChI is InChI=1S/C15H21BrN2O3/c1-15(2,3)21-10-14(20)18(9-13(17)19)8-11-4-6-12(16)7-5-11/h4-7H,8-10H2,1-3H3,(H2,17,19). The summed E-state index contributed by atoms with van der Waals surface area (Å²) in [6.45, 7) is 5.73. The number of hydrogen-bond acceptors (Lipinski definition) is 3. The minimum Gasteiger partial charge on any atom is -0.368 e. The number of benzene rings is 1. The Morgan fingerprint density at radius 2 is 1.81 bits per heavy atom. The van der Waals surface area contributed by atoms with Crippen LogP contribution in [0.2, 0.25) is 0 Å². The van der Waals surface area contributed by atoms with Gasteiger partial charge < -0.3 is 15.4 Å². The fourth-order valence-electron chi connectivity index (χ4n) is 1.60. The summed E-state index contributed by atoms with van der Waals surface area (Å²) in [6, 6.07) is 7.54. The highest BCUT2D eigenvalue weighted by Gasteiger charge is 2.19. The first-order chi connectivity index (χ1) is 9.67. The zero-order valence-electron chi connectivity index (χ0n) is 12.6. The fourth-order valence-corrected chi connectivity index (χ4v) is 1.86. The first-order valence-electron chi connectivity index (χ1n) is 6.62. The maximum Gasteiger partial charge on any atom is 0.249 e. The van der Waals surface area contributed by atoms with Gasteiger partial charge in [-0.1, -0.05) is 28.1 Å². The smallest absolute Gasteiger partial charge is 0.249 e. The van der Waals surface area contributed by atoms with Crippen LogP contribution in [0.5, 0.6) is 0 Å². The fraction of sp³-hybridized carbons (Fsp3) is 0.467. The van der Waals surface area contributed by atoms with Gasteiger partial charge in [0, 0.05) is 11.0 Å². The molecule has 1 aromatic rings. The van der Waals surface area contributed by atoms with E-state index in [9.17, 15) is 9.59 Å². The van der Waals surface area contributed by atoms with E-state index >= 15 is 0 Å². The number of primary amides is 1. The molecule has 2 N–H and O–H groups in total. The lowest BCUT2D eigenvalue weighted by Gasteiger charge is -2.24. The van der Waals surface area contributed by atoms with Gasteiger partial charge in [-0.25, -0.2) is 0 Å². The second kappa shape index (κ2) is 7.56. The number of rotatable bonds is 6. The monoisotopic (exact) mass is 356 g/mol. The number of ether oxygens (including phenoxy) is 1. The SMILES string of the molecule is CC(C)(C)OCC(=O)N(CC(N)=O)Cc1ccc(Br)cc1. The summed E-state index contributed by atoms with van der Waals surface area (Å²) >= 11 is 3.35. The second-order valence-electron chi connectivity index (χ2n) is 5.74. The van der Waals surface area contributed by atoms with Gasteiger partial charge in [-0.2, -0.15) is 0 Å². The Labute approximate surface area is 133 Å². The van der Waals surface area contributed by atoms with Crippen molar-refractivity contribution >= 4 is 27.7 Å². The third-order valence-electron chi connectivity index (χ3n) is 2.61. The van der Waals surface area contributed by atoms with Crippen molar-refractivity contribution in [2.75, 3.05) is 13.2 Å². The van der Waals surface area contributed by atoms with Crippen molar-refractivity contribution < 1.29 is 14.3 Å². The highest BCUT2D eigenvalue weighted by Crippen LogP contribution is 2.13. The molecule has 0 saturated carbocycles. The number of carbonyl (C=O) groups excluding carboxylic acids is 2. The van der Waals surface area contributed by atoms with Crippen molar-refractivity contribution in [2.24, 2.45) is 5.73 Å². The number of halogens is 1. The van der Waals surface area contributed by atoms with Gasteiger partial charge in [0.2, 0.25) is 11.8 Å². The average Bonchev–Trinajstić information content (AvgIpc) is 2.36. The zero-order chi connectivity index (χ0) is 16.0. The predicted molar refractivity (Wildman–Crippen MR) is 84.5 cm³/mol. The number of carbonyl (C=O) groups is 2. The highest BCUT2D eigenvalue weighted by molar-refractivity contribution is 9.10.